The van der Waals surface area contributed by atoms with E-state index in [1.54, 1.807) is 6.20 Å². The molecule has 1 aliphatic rings. The lowest BCUT2D eigenvalue weighted by atomic mass is 10.2. The summed E-state index contributed by atoms with van der Waals surface area (Å²) in [7, 11) is 0. The van der Waals surface area contributed by atoms with Gasteiger partial charge in [0.05, 0.1) is 18.8 Å². The van der Waals surface area contributed by atoms with E-state index in [1.807, 2.05) is 20.0 Å². The molecule has 26 heavy (non-hydrogen) atoms. The predicted octanol–water partition coefficient (Wildman–Crippen LogP) is 1.77. The van der Waals surface area contributed by atoms with Crippen LogP contribution in [0.1, 0.15) is 29.5 Å². The summed E-state index contributed by atoms with van der Waals surface area (Å²) in [6, 6.07) is 0. The monoisotopic (exact) mass is 357 g/mol. The van der Waals surface area contributed by atoms with Crippen LogP contribution in [0.15, 0.2) is 21.4 Å². The first-order valence-corrected chi connectivity index (χ1v) is 8.88. The molecular weight excluding hydrogens is 334 g/mol. The zero-order valence-corrected chi connectivity index (χ0v) is 15.1. The highest BCUT2D eigenvalue weighted by Crippen LogP contribution is 2.25. The molecule has 9 nitrogen and oxygen atoms in total. The van der Waals surface area contributed by atoms with Crippen molar-refractivity contribution in [1.29, 1.82) is 0 Å². The van der Waals surface area contributed by atoms with Crippen molar-refractivity contribution in [2.45, 2.75) is 33.4 Å². The van der Waals surface area contributed by atoms with Gasteiger partial charge in [-0.2, -0.15) is 4.98 Å². The Morgan fingerprint density at radius 1 is 1.04 bits per heavy atom. The molecule has 4 rings (SSSR count). The van der Waals surface area contributed by atoms with Crippen molar-refractivity contribution in [3.8, 4) is 11.5 Å². The molecule has 1 aliphatic heterocycles. The van der Waals surface area contributed by atoms with E-state index < -0.39 is 0 Å². The molecule has 0 amide bonds. The van der Waals surface area contributed by atoms with E-state index in [0.717, 1.165) is 56.2 Å². The number of hydrogen-bond acceptors (Lipinski definition) is 8. The van der Waals surface area contributed by atoms with Gasteiger partial charge in [0.1, 0.15) is 17.1 Å². The lowest BCUT2D eigenvalue weighted by molar-refractivity contribution is 0.239. The first-order valence-electron chi connectivity index (χ1n) is 8.88. The lowest BCUT2D eigenvalue weighted by Gasteiger charge is -2.19. The Bertz CT molecular complexity index is 820. The number of rotatable bonds is 5. The summed E-state index contributed by atoms with van der Waals surface area (Å²) in [5.41, 5.74) is 1.56. The minimum absolute atomic E-state index is 0.477. The Kier molecular flexibility index (Phi) is 4.81. The molecule has 1 saturated heterocycles. The SMILES string of the molecule is Cc1noc(C)c1-c1nc(CN2CCCN(Cc3ncc[nH]3)CC2)no1. The highest BCUT2D eigenvalue weighted by atomic mass is 16.5. The van der Waals surface area contributed by atoms with Gasteiger partial charge in [0.15, 0.2) is 5.82 Å². The number of hydrogen-bond donors (Lipinski definition) is 1. The molecule has 1 fully saturated rings. The standard InChI is InChI=1S/C17H23N7O2/c1-12-16(13(2)25-21-12)17-20-15(22-26-17)11-24-7-3-6-23(8-9-24)10-14-18-4-5-19-14/h4-5H,3,6-11H2,1-2H3,(H,18,19). The van der Waals surface area contributed by atoms with Gasteiger partial charge in [-0.1, -0.05) is 10.3 Å². The summed E-state index contributed by atoms with van der Waals surface area (Å²) in [5, 5.41) is 8.08. The minimum atomic E-state index is 0.477. The Labute approximate surface area is 151 Å². The third kappa shape index (κ3) is 3.68. The zero-order valence-electron chi connectivity index (χ0n) is 15.1. The fourth-order valence-corrected chi connectivity index (χ4v) is 3.34. The van der Waals surface area contributed by atoms with Crippen LogP contribution in [0.25, 0.3) is 11.5 Å². The maximum Gasteiger partial charge on any atom is 0.263 e. The number of aryl methyl sites for hydroxylation is 2. The van der Waals surface area contributed by atoms with Crippen LogP contribution in [-0.2, 0) is 13.1 Å². The van der Waals surface area contributed by atoms with Crippen molar-refractivity contribution >= 4 is 0 Å². The maximum atomic E-state index is 5.42. The van der Waals surface area contributed by atoms with E-state index in [1.165, 1.54) is 0 Å². The second-order valence-electron chi connectivity index (χ2n) is 6.66. The topological polar surface area (TPSA) is 100 Å². The van der Waals surface area contributed by atoms with Gasteiger partial charge in [-0.05, 0) is 33.4 Å². The molecule has 138 valence electrons. The molecule has 4 heterocycles. The fourth-order valence-electron chi connectivity index (χ4n) is 3.34. The molecule has 0 unspecified atom stereocenters. The van der Waals surface area contributed by atoms with Crippen LogP contribution in [0.5, 0.6) is 0 Å². The third-order valence-electron chi connectivity index (χ3n) is 4.69. The Hall–Kier alpha value is -2.52. The summed E-state index contributed by atoms with van der Waals surface area (Å²) in [6.45, 7) is 9.31. The number of aromatic nitrogens is 5. The maximum absolute atomic E-state index is 5.42. The van der Waals surface area contributed by atoms with E-state index in [9.17, 15) is 0 Å². The van der Waals surface area contributed by atoms with E-state index in [0.29, 0.717) is 24.0 Å². The average molecular weight is 357 g/mol. The molecule has 1 N–H and O–H groups in total. The molecule has 3 aromatic heterocycles. The Morgan fingerprint density at radius 2 is 1.85 bits per heavy atom. The van der Waals surface area contributed by atoms with E-state index in [2.05, 4.69) is 35.1 Å². The van der Waals surface area contributed by atoms with Crippen LogP contribution < -0.4 is 0 Å². The van der Waals surface area contributed by atoms with Gasteiger partial charge < -0.3 is 14.0 Å². The minimum Gasteiger partial charge on any atom is -0.361 e. The van der Waals surface area contributed by atoms with Crippen LogP contribution in [0.4, 0.5) is 0 Å². The van der Waals surface area contributed by atoms with Gasteiger partial charge in [0, 0.05) is 25.5 Å². The largest absolute Gasteiger partial charge is 0.361 e. The van der Waals surface area contributed by atoms with Crippen molar-refractivity contribution in [3.05, 3.63) is 35.5 Å². The first kappa shape index (κ1) is 16.9. The van der Waals surface area contributed by atoms with Gasteiger partial charge in [-0.3, -0.25) is 9.80 Å². The average Bonchev–Trinajstić information content (AvgIpc) is 3.31. The fraction of sp³-hybridized carbons (Fsp3) is 0.529. The number of aromatic amines is 1. The molecule has 0 spiro atoms. The first-order chi connectivity index (χ1) is 12.7. The van der Waals surface area contributed by atoms with Gasteiger partial charge in [-0.15, -0.1) is 0 Å². The van der Waals surface area contributed by atoms with Crippen LogP contribution >= 0.6 is 0 Å². The molecule has 9 heteroatoms. The van der Waals surface area contributed by atoms with Gasteiger partial charge in [-0.25, -0.2) is 4.98 Å². The van der Waals surface area contributed by atoms with Gasteiger partial charge >= 0.3 is 0 Å². The molecule has 0 atom stereocenters. The van der Waals surface area contributed by atoms with Crippen molar-refractivity contribution in [2.75, 3.05) is 26.2 Å². The van der Waals surface area contributed by atoms with Gasteiger partial charge in [0.25, 0.3) is 5.89 Å². The molecule has 3 aromatic rings. The number of nitrogens with zero attached hydrogens (tertiary/aromatic N) is 6. The third-order valence-corrected chi connectivity index (χ3v) is 4.69. The Morgan fingerprint density at radius 3 is 2.54 bits per heavy atom. The van der Waals surface area contributed by atoms with Crippen LogP contribution in [0, 0.1) is 13.8 Å². The highest BCUT2D eigenvalue weighted by Gasteiger charge is 2.21. The lowest BCUT2D eigenvalue weighted by Crippen LogP contribution is -2.30. The second kappa shape index (κ2) is 7.38. The summed E-state index contributed by atoms with van der Waals surface area (Å²) in [6.07, 6.45) is 4.77. The summed E-state index contributed by atoms with van der Waals surface area (Å²) in [4.78, 5) is 16.8. The van der Waals surface area contributed by atoms with Crippen molar-refractivity contribution < 1.29 is 9.05 Å². The van der Waals surface area contributed by atoms with Crippen molar-refractivity contribution in [2.24, 2.45) is 0 Å². The Balaban J connectivity index is 1.36. The van der Waals surface area contributed by atoms with Crippen LogP contribution in [0.3, 0.4) is 0 Å². The van der Waals surface area contributed by atoms with Crippen LogP contribution in [-0.4, -0.2) is 61.2 Å². The molecule has 0 saturated carbocycles. The summed E-state index contributed by atoms with van der Waals surface area (Å²) in [5.74, 6) is 2.88. The summed E-state index contributed by atoms with van der Waals surface area (Å²) >= 11 is 0. The number of imidazole rings is 1. The molecule has 0 aromatic carbocycles. The van der Waals surface area contributed by atoms with Crippen LogP contribution in [0.2, 0.25) is 0 Å². The highest BCUT2D eigenvalue weighted by molar-refractivity contribution is 5.57. The smallest absolute Gasteiger partial charge is 0.263 e. The molecular formula is C17H23N7O2. The molecule has 0 radical (unpaired) electrons. The van der Waals surface area contributed by atoms with Gasteiger partial charge in [0.2, 0.25) is 0 Å². The number of H-pyrrole nitrogens is 1. The quantitative estimate of drug-likeness (QED) is 0.737. The van der Waals surface area contributed by atoms with Crippen molar-refractivity contribution in [1.82, 2.24) is 35.1 Å². The molecule has 0 aliphatic carbocycles. The van der Waals surface area contributed by atoms with E-state index in [-0.39, 0.29) is 0 Å². The van der Waals surface area contributed by atoms with E-state index >= 15 is 0 Å². The molecule has 0 bridgehead atoms. The van der Waals surface area contributed by atoms with Crippen molar-refractivity contribution in [3.63, 3.8) is 0 Å². The van der Waals surface area contributed by atoms with E-state index in [4.69, 9.17) is 9.05 Å². The second-order valence-corrected chi connectivity index (χ2v) is 6.66. The summed E-state index contributed by atoms with van der Waals surface area (Å²) < 4.78 is 10.6. The zero-order chi connectivity index (χ0) is 17.9. The number of nitrogens with one attached hydrogen (secondary N) is 1. The normalized spacial score (nSPS) is 16.8. The predicted molar refractivity (Wildman–Crippen MR) is 93.0 cm³/mol.